The van der Waals surface area contributed by atoms with Gasteiger partial charge in [0.05, 0.1) is 5.69 Å². The third-order valence-electron chi connectivity index (χ3n) is 2.59. The number of amides is 1. The van der Waals surface area contributed by atoms with Crippen LogP contribution in [-0.4, -0.2) is 16.7 Å². The first-order valence-electron chi connectivity index (χ1n) is 6.92. The van der Waals surface area contributed by atoms with Gasteiger partial charge in [0.15, 0.2) is 5.82 Å². The molecule has 0 fully saturated rings. The standard InChI is InChI=1S/C16H20N4O2/c1-16(2,3)22-15(21)20-13-10-9-12(17)14(19-13)18-11-7-5-4-6-8-11/h4-10H,17H2,1-3H3,(H2,18,19,20,21). The number of benzene rings is 1. The van der Waals surface area contributed by atoms with Crippen LogP contribution in [0.2, 0.25) is 0 Å². The molecule has 22 heavy (non-hydrogen) atoms. The Morgan fingerprint density at radius 2 is 1.82 bits per heavy atom. The molecule has 0 aliphatic rings. The Kier molecular flexibility index (Phi) is 4.50. The summed E-state index contributed by atoms with van der Waals surface area (Å²) in [7, 11) is 0. The quantitative estimate of drug-likeness (QED) is 0.803. The molecular weight excluding hydrogens is 280 g/mol. The van der Waals surface area contributed by atoms with Crippen LogP contribution in [0.5, 0.6) is 0 Å². The molecule has 0 aliphatic carbocycles. The number of nitrogens with two attached hydrogens (primary N) is 1. The number of rotatable bonds is 3. The number of nitrogens with zero attached hydrogens (tertiary/aromatic N) is 1. The Labute approximate surface area is 129 Å². The zero-order valence-corrected chi connectivity index (χ0v) is 12.9. The van der Waals surface area contributed by atoms with E-state index in [9.17, 15) is 4.79 Å². The van der Waals surface area contributed by atoms with Crippen molar-refractivity contribution in [2.24, 2.45) is 0 Å². The lowest BCUT2D eigenvalue weighted by Crippen LogP contribution is -2.27. The van der Waals surface area contributed by atoms with Crippen LogP contribution in [-0.2, 0) is 4.74 Å². The van der Waals surface area contributed by atoms with E-state index in [0.29, 0.717) is 17.3 Å². The first kappa shape index (κ1) is 15.6. The van der Waals surface area contributed by atoms with Crippen LogP contribution in [0.4, 0.5) is 27.8 Å². The number of pyridine rings is 1. The van der Waals surface area contributed by atoms with E-state index >= 15 is 0 Å². The van der Waals surface area contributed by atoms with Gasteiger partial charge in [0.25, 0.3) is 0 Å². The van der Waals surface area contributed by atoms with Gasteiger partial charge in [-0.25, -0.2) is 9.78 Å². The molecule has 0 spiro atoms. The van der Waals surface area contributed by atoms with Crippen molar-refractivity contribution in [1.82, 2.24) is 4.98 Å². The van der Waals surface area contributed by atoms with Crippen molar-refractivity contribution >= 4 is 29.1 Å². The van der Waals surface area contributed by atoms with Gasteiger partial charge < -0.3 is 15.8 Å². The van der Waals surface area contributed by atoms with Gasteiger partial charge in [-0.2, -0.15) is 0 Å². The Balaban J connectivity index is 2.11. The number of ether oxygens (including phenoxy) is 1. The lowest BCUT2D eigenvalue weighted by Gasteiger charge is -2.19. The minimum atomic E-state index is -0.566. The fourth-order valence-corrected chi connectivity index (χ4v) is 1.71. The van der Waals surface area contributed by atoms with Gasteiger partial charge in [-0.05, 0) is 45.0 Å². The van der Waals surface area contributed by atoms with E-state index in [0.717, 1.165) is 5.69 Å². The summed E-state index contributed by atoms with van der Waals surface area (Å²) in [6, 6.07) is 12.8. The molecule has 1 aromatic heterocycles. The monoisotopic (exact) mass is 300 g/mol. The lowest BCUT2D eigenvalue weighted by atomic mass is 10.2. The van der Waals surface area contributed by atoms with E-state index in [1.54, 1.807) is 32.9 Å². The smallest absolute Gasteiger partial charge is 0.413 e. The maximum absolute atomic E-state index is 11.8. The average molecular weight is 300 g/mol. The second kappa shape index (κ2) is 6.34. The summed E-state index contributed by atoms with van der Waals surface area (Å²) in [5.74, 6) is 0.835. The molecule has 6 nitrogen and oxygen atoms in total. The maximum atomic E-state index is 11.8. The zero-order chi connectivity index (χ0) is 16.2. The molecule has 0 saturated heterocycles. The molecule has 2 aromatic rings. The normalized spacial score (nSPS) is 10.9. The van der Waals surface area contributed by atoms with Gasteiger partial charge in [-0.3, -0.25) is 5.32 Å². The molecule has 0 saturated carbocycles. The van der Waals surface area contributed by atoms with Crippen molar-refractivity contribution in [2.45, 2.75) is 26.4 Å². The van der Waals surface area contributed by atoms with Crippen LogP contribution >= 0.6 is 0 Å². The van der Waals surface area contributed by atoms with E-state index in [4.69, 9.17) is 10.5 Å². The summed E-state index contributed by atoms with van der Waals surface area (Å²) < 4.78 is 5.19. The van der Waals surface area contributed by atoms with E-state index in [-0.39, 0.29) is 0 Å². The largest absolute Gasteiger partial charge is 0.444 e. The fraction of sp³-hybridized carbons (Fsp3) is 0.250. The van der Waals surface area contributed by atoms with Crippen molar-refractivity contribution in [1.29, 1.82) is 0 Å². The first-order chi connectivity index (χ1) is 10.3. The van der Waals surface area contributed by atoms with E-state index in [1.807, 2.05) is 30.3 Å². The number of nitrogens with one attached hydrogen (secondary N) is 2. The van der Waals surface area contributed by atoms with Crippen molar-refractivity contribution < 1.29 is 9.53 Å². The van der Waals surface area contributed by atoms with Crippen molar-refractivity contribution in [3.05, 3.63) is 42.5 Å². The van der Waals surface area contributed by atoms with Crippen molar-refractivity contribution in [2.75, 3.05) is 16.4 Å². The van der Waals surface area contributed by atoms with E-state index in [1.165, 1.54) is 0 Å². The fourth-order valence-electron chi connectivity index (χ4n) is 1.71. The summed E-state index contributed by atoms with van der Waals surface area (Å²) in [6.45, 7) is 5.39. The van der Waals surface area contributed by atoms with Crippen LogP contribution in [0, 0.1) is 0 Å². The predicted octanol–water partition coefficient (Wildman–Crippen LogP) is 3.75. The molecular formula is C16H20N4O2. The van der Waals surface area contributed by atoms with Gasteiger partial charge >= 0.3 is 6.09 Å². The molecule has 1 heterocycles. The average Bonchev–Trinajstić information content (AvgIpc) is 2.41. The SMILES string of the molecule is CC(C)(C)OC(=O)Nc1ccc(N)c(Nc2ccccc2)n1. The van der Waals surface area contributed by atoms with Gasteiger partial charge in [0.1, 0.15) is 11.4 Å². The third kappa shape index (κ3) is 4.66. The Hall–Kier alpha value is -2.76. The first-order valence-corrected chi connectivity index (χ1v) is 6.92. The van der Waals surface area contributed by atoms with E-state index in [2.05, 4.69) is 15.6 Å². The molecule has 0 bridgehead atoms. The van der Waals surface area contributed by atoms with Crippen LogP contribution in [0.15, 0.2) is 42.5 Å². The number of anilines is 4. The lowest BCUT2D eigenvalue weighted by molar-refractivity contribution is 0.0635. The summed E-state index contributed by atoms with van der Waals surface area (Å²) in [6.07, 6.45) is -0.560. The third-order valence-corrected chi connectivity index (χ3v) is 2.59. The summed E-state index contributed by atoms with van der Waals surface area (Å²) in [5, 5.41) is 5.69. The molecule has 1 aromatic carbocycles. The number of hydrogen-bond donors (Lipinski definition) is 3. The molecule has 1 amide bonds. The topological polar surface area (TPSA) is 89.3 Å². The van der Waals surface area contributed by atoms with Gasteiger partial charge in [0, 0.05) is 5.69 Å². The molecule has 6 heteroatoms. The highest BCUT2D eigenvalue weighted by atomic mass is 16.6. The molecule has 4 N–H and O–H groups in total. The highest BCUT2D eigenvalue weighted by Crippen LogP contribution is 2.23. The maximum Gasteiger partial charge on any atom is 0.413 e. The predicted molar refractivity (Wildman–Crippen MR) is 88.2 cm³/mol. The summed E-state index contributed by atoms with van der Waals surface area (Å²) in [4.78, 5) is 16.0. The number of aromatic nitrogens is 1. The van der Waals surface area contributed by atoms with Crippen LogP contribution in [0.3, 0.4) is 0 Å². The molecule has 0 aliphatic heterocycles. The highest BCUT2D eigenvalue weighted by molar-refractivity contribution is 5.84. The number of para-hydroxylation sites is 1. The van der Waals surface area contributed by atoms with Gasteiger partial charge in [-0.1, -0.05) is 18.2 Å². The summed E-state index contributed by atoms with van der Waals surface area (Å²) >= 11 is 0. The highest BCUT2D eigenvalue weighted by Gasteiger charge is 2.16. The van der Waals surface area contributed by atoms with E-state index < -0.39 is 11.7 Å². The minimum Gasteiger partial charge on any atom is -0.444 e. The number of carbonyl (C=O) groups excluding carboxylic acids is 1. The van der Waals surface area contributed by atoms with Crippen LogP contribution in [0.1, 0.15) is 20.8 Å². The number of hydrogen-bond acceptors (Lipinski definition) is 5. The van der Waals surface area contributed by atoms with Crippen molar-refractivity contribution in [3.63, 3.8) is 0 Å². The second-order valence-electron chi connectivity index (χ2n) is 5.75. The Bertz CT molecular complexity index is 651. The zero-order valence-electron chi connectivity index (χ0n) is 12.9. The van der Waals surface area contributed by atoms with Gasteiger partial charge in [-0.15, -0.1) is 0 Å². The molecule has 116 valence electrons. The van der Waals surface area contributed by atoms with Crippen molar-refractivity contribution in [3.8, 4) is 0 Å². The Morgan fingerprint density at radius 1 is 1.14 bits per heavy atom. The van der Waals surface area contributed by atoms with Gasteiger partial charge in [0.2, 0.25) is 0 Å². The molecule has 0 radical (unpaired) electrons. The Morgan fingerprint density at radius 3 is 2.45 bits per heavy atom. The van der Waals surface area contributed by atoms with Crippen LogP contribution in [0.25, 0.3) is 0 Å². The second-order valence-corrected chi connectivity index (χ2v) is 5.75. The minimum absolute atomic E-state index is 0.363. The molecule has 0 unspecified atom stereocenters. The van der Waals surface area contributed by atoms with Crippen LogP contribution < -0.4 is 16.4 Å². The number of carbonyl (C=O) groups is 1. The molecule has 0 atom stereocenters. The summed E-state index contributed by atoms with van der Waals surface area (Å²) in [5.41, 5.74) is 6.68. The number of nitrogen functional groups attached to an aromatic ring is 1. The molecule has 2 rings (SSSR count).